The van der Waals surface area contributed by atoms with E-state index in [0.717, 1.165) is 49.0 Å². The molecule has 0 saturated carbocycles. The fourth-order valence-corrected chi connectivity index (χ4v) is 5.07. The summed E-state index contributed by atoms with van der Waals surface area (Å²) in [6.45, 7) is 6.03. The van der Waals surface area contributed by atoms with E-state index in [1.807, 2.05) is 24.3 Å². The summed E-state index contributed by atoms with van der Waals surface area (Å²) in [5, 5.41) is 3.17. The van der Waals surface area contributed by atoms with Crippen molar-refractivity contribution in [2.45, 2.75) is 26.1 Å². The molecule has 10 heteroatoms. The Morgan fingerprint density at radius 1 is 1.18 bits per heavy atom. The monoisotopic (exact) mass is 495 g/mol. The van der Waals surface area contributed by atoms with Gasteiger partial charge in [0.05, 0.1) is 32.3 Å². The number of ether oxygens (including phenoxy) is 2. The van der Waals surface area contributed by atoms with Gasteiger partial charge >= 0.3 is 0 Å². The molecule has 0 bridgehead atoms. The molecule has 3 rings (SSSR count). The zero-order chi connectivity index (χ0) is 24.0. The number of carbonyl (C=O) groups excluding carboxylic acids is 1. The zero-order valence-electron chi connectivity index (χ0n) is 19.1. The number of nitrogens with one attached hydrogen (secondary N) is 1. The largest absolute Gasteiger partial charge is 0.495 e. The maximum Gasteiger partial charge on any atom is 0.243 e. The average molecular weight is 496 g/mol. The quantitative estimate of drug-likeness (QED) is 0.575. The molecule has 1 atom stereocenters. The normalized spacial score (nSPS) is 15.6. The Balaban J connectivity index is 1.66. The molecule has 1 saturated heterocycles. The second-order valence-corrected chi connectivity index (χ2v) is 10.3. The molecule has 0 aliphatic carbocycles. The number of morpholine rings is 1. The molecule has 180 valence electrons. The Morgan fingerprint density at radius 3 is 2.42 bits per heavy atom. The van der Waals surface area contributed by atoms with Gasteiger partial charge in [0, 0.05) is 31.2 Å². The predicted octanol–water partition coefficient (Wildman–Crippen LogP) is 2.65. The van der Waals surface area contributed by atoms with Crippen LogP contribution in [0.1, 0.15) is 18.1 Å². The van der Waals surface area contributed by atoms with Crippen LogP contribution in [0.3, 0.4) is 0 Å². The van der Waals surface area contributed by atoms with Crippen molar-refractivity contribution >= 4 is 33.2 Å². The van der Waals surface area contributed by atoms with E-state index in [9.17, 15) is 13.2 Å². The highest BCUT2D eigenvalue weighted by molar-refractivity contribution is 7.92. The van der Waals surface area contributed by atoms with Crippen LogP contribution >= 0.6 is 11.6 Å². The van der Waals surface area contributed by atoms with Gasteiger partial charge in [-0.25, -0.2) is 8.42 Å². The first-order chi connectivity index (χ1) is 15.7. The van der Waals surface area contributed by atoms with Crippen molar-refractivity contribution in [2.75, 3.05) is 44.0 Å². The van der Waals surface area contributed by atoms with Gasteiger partial charge in [0.15, 0.2) is 0 Å². The lowest BCUT2D eigenvalue weighted by Crippen LogP contribution is -2.47. The average Bonchev–Trinajstić information content (AvgIpc) is 2.78. The fraction of sp³-hybridized carbons (Fsp3) is 0.435. The Hall–Kier alpha value is -2.33. The topological polar surface area (TPSA) is 88.2 Å². The number of carbonyl (C=O) groups is 1. The zero-order valence-corrected chi connectivity index (χ0v) is 20.7. The number of nitrogens with zero attached hydrogens (tertiary/aromatic N) is 2. The number of rotatable bonds is 9. The van der Waals surface area contributed by atoms with E-state index >= 15 is 0 Å². The molecule has 1 unspecified atom stereocenters. The lowest BCUT2D eigenvalue weighted by atomic mass is 10.1. The first-order valence-corrected chi connectivity index (χ1v) is 12.9. The molecule has 0 radical (unpaired) electrons. The van der Waals surface area contributed by atoms with Crippen LogP contribution in [0.4, 0.5) is 5.69 Å². The second kappa shape index (κ2) is 11.2. The Morgan fingerprint density at radius 2 is 1.82 bits per heavy atom. The highest BCUT2D eigenvalue weighted by Crippen LogP contribution is 2.34. The van der Waals surface area contributed by atoms with E-state index in [-0.39, 0.29) is 12.2 Å². The van der Waals surface area contributed by atoms with Gasteiger partial charge < -0.3 is 14.8 Å². The van der Waals surface area contributed by atoms with Crippen LogP contribution < -0.4 is 14.4 Å². The van der Waals surface area contributed by atoms with Crippen molar-refractivity contribution in [3.8, 4) is 5.75 Å². The Labute approximate surface area is 200 Å². The van der Waals surface area contributed by atoms with E-state index in [1.165, 1.54) is 25.7 Å². The summed E-state index contributed by atoms with van der Waals surface area (Å²) in [7, 11) is -2.36. The van der Waals surface area contributed by atoms with E-state index in [4.69, 9.17) is 21.1 Å². The molecule has 1 N–H and O–H groups in total. The number of benzene rings is 2. The van der Waals surface area contributed by atoms with E-state index in [0.29, 0.717) is 10.8 Å². The van der Waals surface area contributed by atoms with Crippen LogP contribution in [-0.2, 0) is 32.6 Å². The van der Waals surface area contributed by atoms with Crippen LogP contribution in [0.15, 0.2) is 42.5 Å². The third kappa shape index (κ3) is 6.83. The van der Waals surface area contributed by atoms with Crippen molar-refractivity contribution < 1.29 is 22.7 Å². The van der Waals surface area contributed by atoms with Crippen LogP contribution in [0.2, 0.25) is 5.02 Å². The van der Waals surface area contributed by atoms with E-state index in [1.54, 1.807) is 12.1 Å². The molecule has 2 aromatic rings. The number of hydrogen-bond acceptors (Lipinski definition) is 6. The minimum absolute atomic E-state index is 0.211. The summed E-state index contributed by atoms with van der Waals surface area (Å²) in [5.74, 6) is -0.125. The molecule has 1 heterocycles. The minimum atomic E-state index is -3.79. The van der Waals surface area contributed by atoms with Gasteiger partial charge in [0.1, 0.15) is 11.8 Å². The number of methoxy groups -OCH3 is 1. The van der Waals surface area contributed by atoms with Gasteiger partial charge in [0.2, 0.25) is 15.9 Å². The van der Waals surface area contributed by atoms with Gasteiger partial charge in [0.25, 0.3) is 0 Å². The van der Waals surface area contributed by atoms with Crippen LogP contribution in [0, 0.1) is 0 Å². The summed E-state index contributed by atoms with van der Waals surface area (Å²) in [6.07, 6.45) is 1.05. The summed E-state index contributed by atoms with van der Waals surface area (Å²) < 4.78 is 36.8. The van der Waals surface area contributed by atoms with Crippen molar-refractivity contribution in [1.29, 1.82) is 0 Å². The van der Waals surface area contributed by atoms with Gasteiger partial charge in [-0.3, -0.25) is 14.0 Å². The van der Waals surface area contributed by atoms with Gasteiger partial charge in [-0.1, -0.05) is 35.9 Å². The first-order valence-electron chi connectivity index (χ1n) is 10.7. The third-order valence-electron chi connectivity index (χ3n) is 5.47. The van der Waals surface area contributed by atoms with Crippen LogP contribution in [0.25, 0.3) is 0 Å². The highest BCUT2D eigenvalue weighted by Gasteiger charge is 2.31. The number of anilines is 1. The maximum absolute atomic E-state index is 12.9. The highest BCUT2D eigenvalue weighted by atomic mass is 35.5. The van der Waals surface area contributed by atoms with Crippen molar-refractivity contribution in [3.63, 3.8) is 0 Å². The molecule has 8 nitrogen and oxygen atoms in total. The smallest absolute Gasteiger partial charge is 0.243 e. The number of sulfonamides is 1. The Kier molecular flexibility index (Phi) is 8.58. The lowest BCUT2D eigenvalue weighted by molar-refractivity contribution is -0.122. The molecular formula is C23H30ClN3O5S. The van der Waals surface area contributed by atoms with E-state index < -0.39 is 22.0 Å². The molecule has 33 heavy (non-hydrogen) atoms. The maximum atomic E-state index is 12.9. The van der Waals surface area contributed by atoms with Gasteiger partial charge in [-0.05, 0) is 36.2 Å². The standard InChI is InChI=1S/C23H30ClN3O5S/c1-17(27(33(3,29)30)21-14-20(24)8-9-22(21)31-2)23(28)25-15-18-4-6-19(7-5-18)16-26-10-12-32-13-11-26/h4-9,14,17H,10-13,15-16H2,1-3H3,(H,25,28). The summed E-state index contributed by atoms with van der Waals surface area (Å²) >= 11 is 6.08. The Bertz CT molecular complexity index is 1060. The molecular weight excluding hydrogens is 466 g/mol. The molecule has 1 fully saturated rings. The SMILES string of the molecule is COc1ccc(Cl)cc1N(C(C)C(=O)NCc1ccc(CN2CCOCC2)cc1)S(C)(=O)=O. The minimum Gasteiger partial charge on any atom is -0.495 e. The van der Waals surface area contributed by atoms with Crippen molar-refractivity contribution in [1.82, 2.24) is 10.2 Å². The van der Waals surface area contributed by atoms with E-state index in [2.05, 4.69) is 10.2 Å². The first kappa shape index (κ1) is 25.3. The molecule has 0 aromatic heterocycles. The van der Waals surface area contributed by atoms with Crippen LogP contribution in [0.5, 0.6) is 5.75 Å². The molecule has 1 amide bonds. The summed E-state index contributed by atoms with van der Waals surface area (Å²) in [4.78, 5) is 15.2. The summed E-state index contributed by atoms with van der Waals surface area (Å²) in [5.41, 5.74) is 2.33. The number of halogens is 1. The summed E-state index contributed by atoms with van der Waals surface area (Å²) in [6, 6.07) is 11.6. The molecule has 1 aliphatic heterocycles. The number of hydrogen-bond donors (Lipinski definition) is 1. The third-order valence-corrected chi connectivity index (χ3v) is 6.93. The van der Waals surface area contributed by atoms with Crippen LogP contribution in [-0.4, -0.2) is 64.9 Å². The molecule has 2 aromatic carbocycles. The predicted molar refractivity (Wildman–Crippen MR) is 129 cm³/mol. The molecule has 0 spiro atoms. The number of amides is 1. The van der Waals surface area contributed by atoms with Gasteiger partial charge in [-0.15, -0.1) is 0 Å². The van der Waals surface area contributed by atoms with Gasteiger partial charge in [-0.2, -0.15) is 0 Å². The molecule has 1 aliphatic rings. The lowest BCUT2D eigenvalue weighted by Gasteiger charge is -2.29. The fourth-order valence-electron chi connectivity index (χ4n) is 3.73. The van der Waals surface area contributed by atoms with Crippen molar-refractivity contribution in [2.24, 2.45) is 0 Å². The second-order valence-electron chi connectivity index (χ2n) is 7.97. The van der Waals surface area contributed by atoms with Crippen molar-refractivity contribution in [3.05, 3.63) is 58.6 Å².